The molecule has 0 atom stereocenters. The monoisotopic (exact) mass is 372 g/mol. The molecule has 0 fully saturated rings. The van der Waals surface area contributed by atoms with Crippen LogP contribution in [0.4, 0.5) is 5.69 Å². The molecule has 0 saturated heterocycles. The molecule has 0 spiro atoms. The van der Waals surface area contributed by atoms with Gasteiger partial charge in [0, 0.05) is 11.3 Å². The number of ether oxygens (including phenoxy) is 1. The highest BCUT2D eigenvalue weighted by molar-refractivity contribution is 7.80. The molecule has 136 valence electrons. The minimum atomic E-state index is -0.999. The largest absolute Gasteiger partial charge is 0.494 e. The fourth-order valence-electron chi connectivity index (χ4n) is 2.21. The van der Waals surface area contributed by atoms with Crippen LogP contribution >= 0.6 is 12.2 Å². The third kappa shape index (κ3) is 5.29. The number of hydrogen-bond acceptors (Lipinski definition) is 4. The summed E-state index contributed by atoms with van der Waals surface area (Å²) in [5, 5.41) is 14.6. The SMILES string of the molecule is CCCOc1cccc(C(=O)NC(=S)Nc2ccc(C(=O)O)cc2C)c1. The molecule has 0 aliphatic rings. The Hall–Kier alpha value is -2.93. The minimum Gasteiger partial charge on any atom is -0.494 e. The molecule has 26 heavy (non-hydrogen) atoms. The second-order valence-corrected chi connectivity index (χ2v) is 6.03. The Kier molecular flexibility index (Phi) is 6.68. The number of carboxylic acids is 1. The third-order valence-corrected chi connectivity index (χ3v) is 3.72. The molecule has 0 unspecified atom stereocenters. The van der Waals surface area contributed by atoms with Crippen molar-refractivity contribution in [3.63, 3.8) is 0 Å². The van der Waals surface area contributed by atoms with Gasteiger partial charge < -0.3 is 15.2 Å². The predicted molar refractivity (Wildman–Crippen MR) is 104 cm³/mol. The normalized spacial score (nSPS) is 10.1. The topological polar surface area (TPSA) is 87.7 Å². The average molecular weight is 372 g/mol. The molecule has 0 radical (unpaired) electrons. The number of nitrogens with one attached hydrogen (secondary N) is 2. The first kappa shape index (κ1) is 19.4. The second kappa shape index (κ2) is 8.96. The summed E-state index contributed by atoms with van der Waals surface area (Å²) in [5.41, 5.74) is 1.95. The number of carbonyl (C=O) groups is 2. The molecule has 0 aliphatic heterocycles. The van der Waals surface area contributed by atoms with Crippen molar-refractivity contribution < 1.29 is 19.4 Å². The summed E-state index contributed by atoms with van der Waals surface area (Å²) in [6, 6.07) is 11.5. The highest BCUT2D eigenvalue weighted by atomic mass is 32.1. The number of rotatable bonds is 6. The summed E-state index contributed by atoms with van der Waals surface area (Å²) in [7, 11) is 0. The van der Waals surface area contributed by atoms with Crippen LogP contribution in [0, 0.1) is 6.92 Å². The lowest BCUT2D eigenvalue weighted by atomic mass is 10.1. The maximum Gasteiger partial charge on any atom is 0.335 e. The number of aryl methyl sites for hydroxylation is 1. The van der Waals surface area contributed by atoms with Gasteiger partial charge in [0.15, 0.2) is 5.11 Å². The first-order chi connectivity index (χ1) is 12.4. The molecular formula is C19H20N2O4S. The van der Waals surface area contributed by atoms with Crippen molar-refractivity contribution in [1.82, 2.24) is 5.32 Å². The minimum absolute atomic E-state index is 0.126. The fraction of sp³-hybridized carbons (Fsp3) is 0.211. The van der Waals surface area contributed by atoms with Crippen molar-refractivity contribution >= 4 is 34.9 Å². The van der Waals surface area contributed by atoms with Crippen LogP contribution < -0.4 is 15.4 Å². The molecule has 6 nitrogen and oxygen atoms in total. The van der Waals surface area contributed by atoms with Gasteiger partial charge in [0.25, 0.3) is 5.91 Å². The lowest BCUT2D eigenvalue weighted by molar-refractivity contribution is 0.0696. The van der Waals surface area contributed by atoms with Crippen molar-refractivity contribution in [3.05, 3.63) is 59.2 Å². The van der Waals surface area contributed by atoms with Crippen LogP contribution in [0.2, 0.25) is 0 Å². The Bertz CT molecular complexity index is 836. The first-order valence-corrected chi connectivity index (χ1v) is 8.50. The Balaban J connectivity index is 2.01. The van der Waals surface area contributed by atoms with Crippen molar-refractivity contribution in [1.29, 1.82) is 0 Å². The second-order valence-electron chi connectivity index (χ2n) is 5.62. The van der Waals surface area contributed by atoms with Crippen LogP contribution in [0.25, 0.3) is 0 Å². The van der Waals surface area contributed by atoms with Gasteiger partial charge in [-0.3, -0.25) is 10.1 Å². The van der Waals surface area contributed by atoms with Crippen LogP contribution in [-0.4, -0.2) is 28.7 Å². The zero-order chi connectivity index (χ0) is 19.1. The lowest BCUT2D eigenvalue weighted by Crippen LogP contribution is -2.34. The Morgan fingerprint density at radius 2 is 1.92 bits per heavy atom. The van der Waals surface area contributed by atoms with E-state index >= 15 is 0 Å². The highest BCUT2D eigenvalue weighted by Crippen LogP contribution is 2.17. The van der Waals surface area contributed by atoms with Crippen molar-refractivity contribution in [2.45, 2.75) is 20.3 Å². The smallest absolute Gasteiger partial charge is 0.335 e. The number of carboxylic acid groups (broad SMARTS) is 1. The number of hydrogen-bond donors (Lipinski definition) is 3. The predicted octanol–water partition coefficient (Wildman–Crippen LogP) is 3.61. The van der Waals surface area contributed by atoms with Gasteiger partial charge in [0.05, 0.1) is 12.2 Å². The summed E-state index contributed by atoms with van der Waals surface area (Å²) in [6.07, 6.45) is 0.879. The Labute approximate surface area is 157 Å². The zero-order valence-corrected chi connectivity index (χ0v) is 15.4. The van der Waals surface area contributed by atoms with Gasteiger partial charge in [-0.15, -0.1) is 0 Å². The van der Waals surface area contributed by atoms with E-state index in [9.17, 15) is 9.59 Å². The Morgan fingerprint density at radius 1 is 1.15 bits per heavy atom. The molecule has 3 N–H and O–H groups in total. The summed E-state index contributed by atoms with van der Waals surface area (Å²) in [5.74, 6) is -0.733. The summed E-state index contributed by atoms with van der Waals surface area (Å²) >= 11 is 5.17. The maximum atomic E-state index is 12.3. The Morgan fingerprint density at radius 3 is 2.58 bits per heavy atom. The van der Waals surface area contributed by atoms with E-state index in [4.69, 9.17) is 22.1 Å². The van der Waals surface area contributed by atoms with Crippen molar-refractivity contribution in [2.75, 3.05) is 11.9 Å². The summed E-state index contributed by atoms with van der Waals surface area (Å²) in [4.78, 5) is 23.3. The van der Waals surface area contributed by atoms with Crippen LogP contribution in [0.5, 0.6) is 5.75 Å². The molecule has 2 aromatic carbocycles. The molecule has 2 aromatic rings. The molecule has 0 heterocycles. The van der Waals surface area contributed by atoms with Gasteiger partial charge in [-0.1, -0.05) is 13.0 Å². The quantitative estimate of drug-likeness (QED) is 0.672. The molecule has 0 aliphatic carbocycles. The van der Waals surface area contributed by atoms with Crippen LogP contribution in [0.3, 0.4) is 0 Å². The number of amides is 1. The van der Waals surface area contributed by atoms with E-state index in [1.165, 1.54) is 12.1 Å². The molecule has 1 amide bonds. The zero-order valence-electron chi connectivity index (χ0n) is 14.5. The maximum absolute atomic E-state index is 12.3. The van der Waals surface area contributed by atoms with E-state index in [0.717, 1.165) is 6.42 Å². The van der Waals surface area contributed by atoms with Gasteiger partial charge in [-0.05, 0) is 67.5 Å². The molecule has 0 bridgehead atoms. The van der Waals surface area contributed by atoms with E-state index in [0.29, 0.717) is 29.2 Å². The molecular weight excluding hydrogens is 352 g/mol. The van der Waals surface area contributed by atoms with E-state index in [2.05, 4.69) is 10.6 Å². The van der Waals surface area contributed by atoms with Gasteiger partial charge in [0.1, 0.15) is 5.75 Å². The average Bonchev–Trinajstić information content (AvgIpc) is 2.61. The van der Waals surface area contributed by atoms with E-state index in [1.807, 2.05) is 6.92 Å². The molecule has 0 aromatic heterocycles. The number of thiocarbonyl (C=S) groups is 1. The number of anilines is 1. The van der Waals surface area contributed by atoms with E-state index in [1.54, 1.807) is 37.3 Å². The standard InChI is InChI=1S/C19H20N2O4S/c1-3-9-25-15-6-4-5-13(11-15)17(22)21-19(26)20-16-8-7-14(18(23)24)10-12(16)2/h4-8,10-11H,3,9H2,1-2H3,(H,23,24)(H2,20,21,22,26). The van der Waals surface area contributed by atoms with Gasteiger partial charge in [-0.2, -0.15) is 0 Å². The van der Waals surface area contributed by atoms with Gasteiger partial charge >= 0.3 is 5.97 Å². The fourth-order valence-corrected chi connectivity index (χ4v) is 2.42. The van der Waals surface area contributed by atoms with Crippen LogP contribution in [0.15, 0.2) is 42.5 Å². The van der Waals surface area contributed by atoms with E-state index in [-0.39, 0.29) is 16.6 Å². The van der Waals surface area contributed by atoms with Crippen LogP contribution in [0.1, 0.15) is 39.6 Å². The highest BCUT2D eigenvalue weighted by Gasteiger charge is 2.11. The lowest BCUT2D eigenvalue weighted by Gasteiger charge is -2.13. The number of aromatic carboxylic acids is 1. The molecule has 2 rings (SSSR count). The van der Waals surface area contributed by atoms with Crippen LogP contribution in [-0.2, 0) is 0 Å². The summed E-state index contributed by atoms with van der Waals surface area (Å²) in [6.45, 7) is 4.34. The van der Waals surface area contributed by atoms with E-state index < -0.39 is 5.97 Å². The number of benzene rings is 2. The first-order valence-electron chi connectivity index (χ1n) is 8.10. The molecule has 7 heteroatoms. The third-order valence-electron chi connectivity index (χ3n) is 3.52. The summed E-state index contributed by atoms with van der Waals surface area (Å²) < 4.78 is 5.52. The molecule has 0 saturated carbocycles. The van der Waals surface area contributed by atoms with Gasteiger partial charge in [0.2, 0.25) is 0 Å². The van der Waals surface area contributed by atoms with Gasteiger partial charge in [-0.25, -0.2) is 4.79 Å². The van der Waals surface area contributed by atoms with Crippen molar-refractivity contribution in [3.8, 4) is 5.75 Å². The number of carbonyl (C=O) groups excluding carboxylic acids is 1. The van der Waals surface area contributed by atoms with Crippen molar-refractivity contribution in [2.24, 2.45) is 0 Å².